The van der Waals surface area contributed by atoms with Gasteiger partial charge in [-0.2, -0.15) is 4.31 Å². The summed E-state index contributed by atoms with van der Waals surface area (Å²) in [4.78, 5) is 2.20. The lowest BCUT2D eigenvalue weighted by Gasteiger charge is -2.42. The fourth-order valence-electron chi connectivity index (χ4n) is 3.26. The Balaban J connectivity index is 1.83. The van der Waals surface area contributed by atoms with Crippen LogP contribution in [0.3, 0.4) is 0 Å². The minimum atomic E-state index is -3.49. The Morgan fingerprint density at radius 2 is 2.21 bits per heavy atom. The summed E-state index contributed by atoms with van der Waals surface area (Å²) in [5, 5.41) is 1.82. The Morgan fingerprint density at radius 1 is 1.38 bits per heavy atom. The molecule has 3 heterocycles. The molecule has 0 N–H and O–H groups in total. The van der Waals surface area contributed by atoms with Crippen LogP contribution >= 0.6 is 11.3 Å². The Bertz CT molecular complexity index is 688. The Morgan fingerprint density at radius 3 is 2.92 bits per heavy atom. The predicted molar refractivity (Wildman–Crippen MR) is 94.0 cm³/mol. The molecule has 2 fully saturated rings. The van der Waals surface area contributed by atoms with Gasteiger partial charge in [-0.3, -0.25) is 4.90 Å². The van der Waals surface area contributed by atoms with Gasteiger partial charge in [0.1, 0.15) is 9.81 Å². The van der Waals surface area contributed by atoms with Crippen LogP contribution in [0.4, 0.5) is 0 Å². The van der Waals surface area contributed by atoms with Gasteiger partial charge in [-0.15, -0.1) is 17.9 Å². The van der Waals surface area contributed by atoms with E-state index in [9.17, 15) is 8.42 Å². The van der Waals surface area contributed by atoms with Crippen LogP contribution in [0, 0.1) is 6.92 Å². The van der Waals surface area contributed by atoms with Crippen molar-refractivity contribution in [2.45, 2.75) is 16.7 Å². The molecule has 0 radical (unpaired) electrons. The van der Waals surface area contributed by atoms with E-state index in [1.807, 2.05) is 24.4 Å². The SMILES string of the molecule is C=CCN1CCOCC2(C1)CN(S(=O)(=O)c1sccc1C)CCO2. The van der Waals surface area contributed by atoms with Gasteiger partial charge >= 0.3 is 0 Å². The molecule has 1 unspecified atom stereocenters. The second-order valence-electron chi connectivity index (χ2n) is 6.34. The molecule has 0 aromatic carbocycles. The zero-order valence-corrected chi connectivity index (χ0v) is 15.6. The monoisotopic (exact) mass is 372 g/mol. The summed E-state index contributed by atoms with van der Waals surface area (Å²) in [7, 11) is -3.49. The van der Waals surface area contributed by atoms with Crippen molar-refractivity contribution in [2.75, 3.05) is 52.5 Å². The highest BCUT2D eigenvalue weighted by Crippen LogP contribution is 2.30. The molecule has 0 bridgehead atoms. The lowest BCUT2D eigenvalue weighted by molar-refractivity contribution is -0.125. The van der Waals surface area contributed by atoms with Crippen molar-refractivity contribution in [3.63, 3.8) is 0 Å². The summed E-state index contributed by atoms with van der Waals surface area (Å²) in [5.74, 6) is 0. The molecule has 2 aliphatic rings. The molecule has 1 atom stereocenters. The summed E-state index contributed by atoms with van der Waals surface area (Å²) < 4.78 is 39.7. The van der Waals surface area contributed by atoms with Crippen LogP contribution in [0.15, 0.2) is 28.3 Å². The van der Waals surface area contributed by atoms with Gasteiger partial charge in [0.15, 0.2) is 0 Å². The van der Waals surface area contributed by atoms with Gasteiger partial charge in [0, 0.05) is 32.7 Å². The molecular weight excluding hydrogens is 348 g/mol. The van der Waals surface area contributed by atoms with Gasteiger partial charge in [0.2, 0.25) is 0 Å². The van der Waals surface area contributed by atoms with E-state index in [1.54, 1.807) is 4.31 Å². The summed E-state index contributed by atoms with van der Waals surface area (Å²) in [6.07, 6.45) is 1.85. The first kappa shape index (κ1) is 18.0. The summed E-state index contributed by atoms with van der Waals surface area (Å²) in [6, 6.07) is 1.84. The Labute approximate surface area is 147 Å². The lowest BCUT2D eigenvalue weighted by Crippen LogP contribution is -2.59. The van der Waals surface area contributed by atoms with Gasteiger partial charge in [0.25, 0.3) is 10.0 Å². The fourth-order valence-corrected chi connectivity index (χ4v) is 6.31. The maximum atomic E-state index is 13.0. The van der Waals surface area contributed by atoms with Crippen LogP contribution in [-0.2, 0) is 19.5 Å². The third-order valence-corrected chi connectivity index (χ3v) is 7.93. The van der Waals surface area contributed by atoms with Crippen molar-refractivity contribution < 1.29 is 17.9 Å². The van der Waals surface area contributed by atoms with Crippen LogP contribution in [0.25, 0.3) is 0 Å². The minimum Gasteiger partial charge on any atom is -0.377 e. The minimum absolute atomic E-state index is 0.320. The van der Waals surface area contributed by atoms with Gasteiger partial charge < -0.3 is 9.47 Å². The van der Waals surface area contributed by atoms with E-state index >= 15 is 0 Å². The smallest absolute Gasteiger partial charge is 0.252 e. The number of morpholine rings is 1. The van der Waals surface area contributed by atoms with Gasteiger partial charge in [-0.1, -0.05) is 6.08 Å². The number of aryl methyl sites for hydroxylation is 1. The standard InChI is InChI=1S/C16H24N2O4S2/c1-3-5-17-6-8-21-13-16(11-17)12-18(7-9-22-16)24(19,20)15-14(2)4-10-23-15/h3-4,10H,1,5-9,11-13H2,2H3. The number of hydrogen-bond donors (Lipinski definition) is 0. The third kappa shape index (κ3) is 3.58. The molecular formula is C16H24N2O4S2. The molecule has 8 heteroatoms. The van der Waals surface area contributed by atoms with E-state index in [0.717, 1.165) is 18.7 Å². The summed E-state index contributed by atoms with van der Waals surface area (Å²) >= 11 is 1.27. The van der Waals surface area contributed by atoms with Crippen molar-refractivity contribution in [3.05, 3.63) is 29.7 Å². The molecule has 1 aromatic rings. The number of rotatable bonds is 4. The molecule has 0 saturated carbocycles. The third-order valence-electron chi connectivity index (χ3n) is 4.42. The zero-order chi connectivity index (χ0) is 17.2. The number of thiophene rings is 1. The van der Waals surface area contributed by atoms with Crippen molar-refractivity contribution in [1.29, 1.82) is 0 Å². The Hall–Kier alpha value is -0.770. The molecule has 1 spiro atoms. The van der Waals surface area contributed by atoms with Crippen molar-refractivity contribution >= 4 is 21.4 Å². The molecule has 2 saturated heterocycles. The molecule has 134 valence electrons. The molecule has 24 heavy (non-hydrogen) atoms. The highest BCUT2D eigenvalue weighted by Gasteiger charge is 2.44. The normalized spacial score (nSPS) is 27.2. The van der Waals surface area contributed by atoms with Crippen LogP contribution in [0.2, 0.25) is 0 Å². The van der Waals surface area contributed by atoms with E-state index in [4.69, 9.17) is 9.47 Å². The number of ether oxygens (including phenoxy) is 2. The summed E-state index contributed by atoms with van der Waals surface area (Å²) in [5.41, 5.74) is 0.182. The highest BCUT2D eigenvalue weighted by molar-refractivity contribution is 7.91. The molecule has 0 amide bonds. The first-order valence-corrected chi connectivity index (χ1v) is 10.4. The first-order chi connectivity index (χ1) is 11.5. The fraction of sp³-hybridized carbons (Fsp3) is 0.625. The van der Waals surface area contributed by atoms with Crippen LogP contribution < -0.4 is 0 Å². The van der Waals surface area contributed by atoms with Crippen molar-refractivity contribution in [2.24, 2.45) is 0 Å². The van der Waals surface area contributed by atoms with E-state index in [2.05, 4.69) is 11.5 Å². The van der Waals surface area contributed by atoms with Crippen LogP contribution in [0.5, 0.6) is 0 Å². The molecule has 0 aliphatic carbocycles. The molecule has 6 nitrogen and oxygen atoms in total. The van der Waals surface area contributed by atoms with Gasteiger partial charge in [0.05, 0.1) is 19.8 Å². The maximum absolute atomic E-state index is 13.0. The zero-order valence-electron chi connectivity index (χ0n) is 13.9. The van der Waals surface area contributed by atoms with E-state index in [1.165, 1.54) is 11.3 Å². The molecule has 1 aromatic heterocycles. The molecule has 3 rings (SSSR count). The average Bonchev–Trinajstić information content (AvgIpc) is 2.90. The van der Waals surface area contributed by atoms with Crippen LogP contribution in [0.1, 0.15) is 5.56 Å². The van der Waals surface area contributed by atoms with E-state index in [-0.39, 0.29) is 0 Å². The predicted octanol–water partition coefficient (Wildman–Crippen LogP) is 1.33. The van der Waals surface area contributed by atoms with Crippen molar-refractivity contribution in [3.8, 4) is 0 Å². The first-order valence-electron chi connectivity index (χ1n) is 8.06. The van der Waals surface area contributed by atoms with Gasteiger partial charge in [-0.05, 0) is 23.9 Å². The van der Waals surface area contributed by atoms with Gasteiger partial charge in [-0.25, -0.2) is 8.42 Å². The number of sulfonamides is 1. The highest BCUT2D eigenvalue weighted by atomic mass is 32.2. The van der Waals surface area contributed by atoms with Crippen LogP contribution in [-0.4, -0.2) is 75.8 Å². The Kier molecular flexibility index (Phi) is 5.43. The number of hydrogen-bond acceptors (Lipinski definition) is 6. The van der Waals surface area contributed by atoms with Crippen molar-refractivity contribution in [1.82, 2.24) is 9.21 Å². The second kappa shape index (κ2) is 7.23. The van der Waals surface area contributed by atoms with E-state index in [0.29, 0.717) is 43.7 Å². The molecule has 2 aliphatic heterocycles. The van der Waals surface area contributed by atoms with E-state index < -0.39 is 15.6 Å². The summed E-state index contributed by atoms with van der Waals surface area (Å²) in [6.45, 7) is 9.93. The average molecular weight is 373 g/mol. The quantitative estimate of drug-likeness (QED) is 0.747. The lowest BCUT2D eigenvalue weighted by atomic mass is 10.0. The maximum Gasteiger partial charge on any atom is 0.252 e. The number of nitrogens with zero attached hydrogens (tertiary/aromatic N) is 2. The largest absolute Gasteiger partial charge is 0.377 e. The topological polar surface area (TPSA) is 59.1 Å². The second-order valence-corrected chi connectivity index (χ2v) is 9.39.